The van der Waals surface area contributed by atoms with Crippen molar-refractivity contribution >= 4 is 11.8 Å². The molecule has 4 heteroatoms. The number of hydrogen-bond acceptors (Lipinski definition) is 3. The third kappa shape index (κ3) is 8.46. The molecule has 3 saturated carbocycles. The normalized spacial score (nSPS) is 27.0. The molecular formula is C24H41NO3. The summed E-state index contributed by atoms with van der Waals surface area (Å²) < 4.78 is 0. The molecule has 0 aromatic carbocycles. The van der Waals surface area contributed by atoms with Crippen LogP contribution >= 0.6 is 0 Å². The van der Waals surface area contributed by atoms with Gasteiger partial charge in [0.15, 0.2) is 0 Å². The lowest BCUT2D eigenvalue weighted by atomic mass is 9.89. The number of rotatable bonds is 7. The van der Waals surface area contributed by atoms with E-state index >= 15 is 0 Å². The lowest BCUT2D eigenvalue weighted by molar-refractivity contribution is -0.138. The van der Waals surface area contributed by atoms with Crippen molar-refractivity contribution in [1.29, 1.82) is 0 Å². The first kappa shape index (κ1) is 23.1. The zero-order chi connectivity index (χ0) is 20.2. The SMILES string of the molecule is C1CCC(NC2CCCCC2)CC1.CC/C=C\CC1C(=O)CCC1CC(=O)O. The van der Waals surface area contributed by atoms with E-state index in [0.29, 0.717) is 12.8 Å². The molecule has 2 N–H and O–H groups in total. The molecule has 0 spiro atoms. The fourth-order valence-electron chi connectivity index (χ4n) is 5.05. The average molecular weight is 392 g/mol. The molecule has 0 amide bonds. The molecule has 2 unspecified atom stereocenters. The number of ketones is 1. The summed E-state index contributed by atoms with van der Waals surface area (Å²) in [4.78, 5) is 22.1. The molecule has 0 radical (unpaired) electrons. The number of nitrogens with one attached hydrogen (secondary N) is 1. The third-order valence-corrected chi connectivity index (χ3v) is 6.66. The zero-order valence-corrected chi connectivity index (χ0v) is 17.8. The van der Waals surface area contributed by atoms with Crippen LogP contribution in [0.1, 0.15) is 103 Å². The van der Waals surface area contributed by atoms with Crippen molar-refractivity contribution in [3.05, 3.63) is 12.2 Å². The molecule has 0 heterocycles. The van der Waals surface area contributed by atoms with Gasteiger partial charge in [-0.15, -0.1) is 0 Å². The van der Waals surface area contributed by atoms with Crippen molar-refractivity contribution in [3.8, 4) is 0 Å². The van der Waals surface area contributed by atoms with E-state index in [9.17, 15) is 9.59 Å². The van der Waals surface area contributed by atoms with E-state index in [2.05, 4.69) is 5.32 Å². The molecule has 4 nitrogen and oxygen atoms in total. The summed E-state index contributed by atoms with van der Waals surface area (Å²) in [5.41, 5.74) is 0. The molecule has 28 heavy (non-hydrogen) atoms. The number of hydrogen-bond donors (Lipinski definition) is 2. The van der Waals surface area contributed by atoms with Gasteiger partial charge < -0.3 is 10.4 Å². The topological polar surface area (TPSA) is 66.4 Å². The fourth-order valence-corrected chi connectivity index (χ4v) is 5.05. The van der Waals surface area contributed by atoms with Crippen LogP contribution < -0.4 is 5.32 Å². The van der Waals surface area contributed by atoms with Crippen LogP contribution in [-0.2, 0) is 9.59 Å². The Morgan fingerprint density at radius 1 is 0.964 bits per heavy atom. The van der Waals surface area contributed by atoms with Crippen molar-refractivity contribution in [3.63, 3.8) is 0 Å². The fraction of sp³-hybridized carbons (Fsp3) is 0.833. The standard InChI is InChI=1S/C12H23N.C12H18O3/c1-3-7-11(8-4-1)13-12-9-5-2-6-10-12;1-2-3-4-5-10-9(8-12(14)15)6-7-11(10)13/h11-13H,1-10H2;3-4,9-10H,2,5-8H2,1H3,(H,14,15)/b;4-3-. The Balaban J connectivity index is 0.000000202. The first-order valence-electron chi connectivity index (χ1n) is 11.8. The summed E-state index contributed by atoms with van der Waals surface area (Å²) in [5.74, 6) is -0.554. The third-order valence-electron chi connectivity index (χ3n) is 6.66. The lowest BCUT2D eigenvalue weighted by Crippen LogP contribution is -2.40. The second-order valence-corrected chi connectivity index (χ2v) is 8.92. The highest BCUT2D eigenvalue weighted by molar-refractivity contribution is 5.84. The molecule has 3 aliphatic rings. The quantitative estimate of drug-likeness (QED) is 0.550. The van der Waals surface area contributed by atoms with Gasteiger partial charge in [0.2, 0.25) is 0 Å². The van der Waals surface area contributed by atoms with Crippen molar-refractivity contribution in [2.45, 2.75) is 115 Å². The van der Waals surface area contributed by atoms with E-state index in [1.807, 2.05) is 19.1 Å². The van der Waals surface area contributed by atoms with E-state index in [-0.39, 0.29) is 24.0 Å². The number of carboxylic acids is 1. The summed E-state index contributed by atoms with van der Waals surface area (Å²) in [6.45, 7) is 2.04. The number of carbonyl (C=O) groups excluding carboxylic acids is 1. The van der Waals surface area contributed by atoms with E-state index in [0.717, 1.165) is 24.9 Å². The molecule has 3 fully saturated rings. The Morgan fingerprint density at radius 2 is 1.54 bits per heavy atom. The van der Waals surface area contributed by atoms with Gasteiger partial charge in [0.05, 0.1) is 0 Å². The van der Waals surface area contributed by atoms with E-state index in [1.54, 1.807) is 0 Å². The first-order chi connectivity index (χ1) is 13.6. The molecule has 0 aromatic rings. The zero-order valence-electron chi connectivity index (χ0n) is 17.8. The summed E-state index contributed by atoms with van der Waals surface area (Å²) >= 11 is 0. The van der Waals surface area contributed by atoms with Gasteiger partial charge in [-0.2, -0.15) is 0 Å². The van der Waals surface area contributed by atoms with Gasteiger partial charge in [-0.1, -0.05) is 57.6 Å². The van der Waals surface area contributed by atoms with Crippen LogP contribution in [0.15, 0.2) is 12.2 Å². The molecular weight excluding hydrogens is 350 g/mol. The van der Waals surface area contributed by atoms with Gasteiger partial charge in [0.1, 0.15) is 5.78 Å². The number of aliphatic carboxylic acids is 1. The highest BCUT2D eigenvalue weighted by Gasteiger charge is 2.34. The van der Waals surface area contributed by atoms with Crippen molar-refractivity contribution in [2.24, 2.45) is 11.8 Å². The van der Waals surface area contributed by atoms with Crippen LogP contribution in [0, 0.1) is 11.8 Å². The summed E-state index contributed by atoms with van der Waals surface area (Å²) in [5, 5.41) is 12.6. The molecule has 0 saturated heterocycles. The maximum Gasteiger partial charge on any atom is 0.303 e. The average Bonchev–Trinajstić information content (AvgIpc) is 3.03. The van der Waals surface area contributed by atoms with Crippen LogP contribution in [-0.4, -0.2) is 28.9 Å². The van der Waals surface area contributed by atoms with E-state index in [4.69, 9.17) is 5.11 Å². The predicted molar refractivity (Wildman–Crippen MR) is 114 cm³/mol. The van der Waals surface area contributed by atoms with Crippen molar-refractivity contribution in [1.82, 2.24) is 5.32 Å². The van der Waals surface area contributed by atoms with Gasteiger partial charge in [-0.25, -0.2) is 0 Å². The Bertz CT molecular complexity index is 474. The van der Waals surface area contributed by atoms with Crippen LogP contribution in [0.25, 0.3) is 0 Å². The molecule has 0 aromatic heterocycles. The van der Waals surface area contributed by atoms with Gasteiger partial charge >= 0.3 is 5.97 Å². The van der Waals surface area contributed by atoms with Gasteiger partial charge in [0.25, 0.3) is 0 Å². The molecule has 0 bridgehead atoms. The Labute approximate surface area is 171 Å². The molecule has 2 atom stereocenters. The van der Waals surface area contributed by atoms with Crippen LogP contribution in [0.2, 0.25) is 0 Å². The lowest BCUT2D eigenvalue weighted by Gasteiger charge is -2.30. The number of allylic oxidation sites excluding steroid dienone is 2. The van der Waals surface area contributed by atoms with Gasteiger partial charge in [-0.05, 0) is 50.9 Å². The second kappa shape index (κ2) is 13.1. The van der Waals surface area contributed by atoms with E-state index < -0.39 is 5.97 Å². The van der Waals surface area contributed by atoms with Crippen LogP contribution in [0.4, 0.5) is 0 Å². The maximum atomic E-state index is 11.5. The number of Topliss-reactive ketones (excluding diaryl/α,β-unsaturated/α-hetero) is 1. The Kier molecular flexibility index (Phi) is 10.8. The predicted octanol–water partition coefficient (Wildman–Crippen LogP) is 5.65. The minimum Gasteiger partial charge on any atom is -0.481 e. The van der Waals surface area contributed by atoms with Crippen LogP contribution in [0.5, 0.6) is 0 Å². The minimum atomic E-state index is -0.792. The Morgan fingerprint density at radius 3 is 2.04 bits per heavy atom. The second-order valence-electron chi connectivity index (χ2n) is 8.92. The molecule has 160 valence electrons. The smallest absolute Gasteiger partial charge is 0.303 e. The highest BCUT2D eigenvalue weighted by atomic mass is 16.4. The number of carbonyl (C=O) groups is 2. The van der Waals surface area contributed by atoms with Gasteiger partial charge in [0, 0.05) is 30.8 Å². The summed E-state index contributed by atoms with van der Waals surface area (Å²) in [6.07, 6.45) is 21.7. The van der Waals surface area contributed by atoms with Crippen molar-refractivity contribution in [2.75, 3.05) is 0 Å². The van der Waals surface area contributed by atoms with E-state index in [1.165, 1.54) is 64.2 Å². The van der Waals surface area contributed by atoms with Crippen LogP contribution in [0.3, 0.4) is 0 Å². The molecule has 0 aliphatic heterocycles. The first-order valence-corrected chi connectivity index (χ1v) is 11.8. The summed E-state index contributed by atoms with van der Waals surface area (Å²) in [6, 6.07) is 1.74. The largest absolute Gasteiger partial charge is 0.481 e. The van der Waals surface area contributed by atoms with Crippen molar-refractivity contribution < 1.29 is 14.7 Å². The maximum absolute atomic E-state index is 11.5. The minimum absolute atomic E-state index is 0.0519. The van der Waals surface area contributed by atoms with Gasteiger partial charge in [-0.3, -0.25) is 9.59 Å². The highest BCUT2D eigenvalue weighted by Crippen LogP contribution is 2.34. The summed E-state index contributed by atoms with van der Waals surface area (Å²) in [7, 11) is 0. The molecule has 3 aliphatic carbocycles. The molecule has 3 rings (SSSR count). The Hall–Kier alpha value is -1.16. The number of carboxylic acid groups (broad SMARTS) is 1. The monoisotopic (exact) mass is 391 g/mol.